The lowest BCUT2D eigenvalue weighted by atomic mass is 10.7. The van der Waals surface area contributed by atoms with Gasteiger partial charge in [-0.1, -0.05) is 0 Å². The number of hydrogen-bond donors (Lipinski definition) is 1. The Labute approximate surface area is 56.7 Å². The quantitative estimate of drug-likeness (QED) is 0.587. The number of H-pyrrole nitrogens is 1. The van der Waals surface area contributed by atoms with Crippen LogP contribution in [0.5, 0.6) is 0 Å². The molecule has 2 aromatic heterocycles. The van der Waals surface area contributed by atoms with Crippen LogP contribution in [0.25, 0.3) is 5.82 Å². The summed E-state index contributed by atoms with van der Waals surface area (Å²) in [7, 11) is 0. The highest BCUT2D eigenvalue weighted by Gasteiger charge is 1.94. The smallest absolute Gasteiger partial charge is 0.175 e. The summed E-state index contributed by atoms with van der Waals surface area (Å²) >= 11 is 0. The highest BCUT2D eigenvalue weighted by molar-refractivity contribution is 5.14. The average Bonchev–Trinajstić information content (AvgIpc) is 2.59. The first-order valence-corrected chi connectivity index (χ1v) is 2.73. The van der Waals surface area contributed by atoms with Crippen molar-refractivity contribution in [2.75, 3.05) is 0 Å². The van der Waals surface area contributed by atoms with Crippen molar-refractivity contribution in [3.05, 3.63) is 25.2 Å². The van der Waals surface area contributed by atoms with Crippen molar-refractivity contribution in [3.63, 3.8) is 0 Å². The van der Waals surface area contributed by atoms with Gasteiger partial charge in [0.1, 0.15) is 12.7 Å². The largest absolute Gasteiger partial charge is 0.340 e. The first-order valence-electron chi connectivity index (χ1n) is 2.73. The first kappa shape index (κ1) is 5.16. The number of nitrogens with zero attached hydrogens (tertiary/aromatic N) is 4. The van der Waals surface area contributed by atoms with E-state index < -0.39 is 0 Å². The van der Waals surface area contributed by atoms with Crippen molar-refractivity contribution in [1.82, 2.24) is 24.7 Å². The number of aromatic amines is 1. The zero-order chi connectivity index (χ0) is 6.81. The molecular weight excluding hydrogens is 130 g/mol. The fraction of sp³-hybridized carbons (Fsp3) is 0. The Balaban J connectivity index is 2.48. The van der Waals surface area contributed by atoms with E-state index in [0.29, 0.717) is 0 Å². The van der Waals surface area contributed by atoms with Gasteiger partial charge in [-0.2, -0.15) is 0 Å². The van der Waals surface area contributed by atoms with E-state index in [0.717, 1.165) is 5.82 Å². The Morgan fingerprint density at radius 1 is 1.40 bits per heavy atom. The van der Waals surface area contributed by atoms with Gasteiger partial charge >= 0.3 is 0 Å². The summed E-state index contributed by atoms with van der Waals surface area (Å²) in [5.74, 6) is 0.741. The van der Waals surface area contributed by atoms with E-state index >= 15 is 0 Å². The molecule has 2 rings (SSSR count). The normalized spacial score (nSPS) is 10.0. The second-order valence-corrected chi connectivity index (χ2v) is 1.74. The van der Waals surface area contributed by atoms with Crippen LogP contribution in [0, 0.1) is 6.33 Å². The molecule has 0 fully saturated rings. The van der Waals surface area contributed by atoms with Crippen LogP contribution in [-0.2, 0) is 0 Å². The van der Waals surface area contributed by atoms with E-state index in [1.54, 1.807) is 23.4 Å². The summed E-state index contributed by atoms with van der Waals surface area (Å²) in [5.41, 5.74) is 0. The highest BCUT2D eigenvalue weighted by atomic mass is 15.3. The van der Waals surface area contributed by atoms with Crippen LogP contribution in [0.4, 0.5) is 0 Å². The molecule has 10 heavy (non-hydrogen) atoms. The molecule has 5 nitrogen and oxygen atoms in total. The first-order chi connectivity index (χ1) is 4.97. The van der Waals surface area contributed by atoms with E-state index in [-0.39, 0.29) is 0 Å². The fourth-order valence-corrected chi connectivity index (χ4v) is 0.670. The minimum atomic E-state index is 0.741. The molecule has 2 heterocycles. The minimum Gasteiger partial charge on any atom is -0.340 e. The molecule has 0 aromatic carbocycles. The predicted molar refractivity (Wildman–Crippen MR) is 32.3 cm³/mol. The molecule has 0 aliphatic heterocycles. The minimum absolute atomic E-state index is 0.741. The Hall–Kier alpha value is -1.65. The number of aromatic nitrogens is 5. The van der Waals surface area contributed by atoms with E-state index in [1.807, 2.05) is 0 Å². The third-order valence-electron chi connectivity index (χ3n) is 1.12. The molecule has 5 heteroatoms. The maximum Gasteiger partial charge on any atom is 0.175 e. The van der Waals surface area contributed by atoms with Gasteiger partial charge in [-0.05, 0) is 0 Å². The van der Waals surface area contributed by atoms with Crippen molar-refractivity contribution in [2.45, 2.75) is 0 Å². The summed E-state index contributed by atoms with van der Waals surface area (Å²) in [6, 6.07) is 0. The third kappa shape index (κ3) is 0.680. The molecule has 1 N–H and O–H groups in total. The van der Waals surface area contributed by atoms with Gasteiger partial charge in [-0.25, -0.2) is 4.98 Å². The molecule has 0 saturated heterocycles. The van der Waals surface area contributed by atoms with Gasteiger partial charge in [-0.3, -0.25) is 4.57 Å². The van der Waals surface area contributed by atoms with Crippen LogP contribution < -0.4 is 0 Å². The van der Waals surface area contributed by atoms with Crippen molar-refractivity contribution in [2.24, 2.45) is 0 Å². The summed E-state index contributed by atoms with van der Waals surface area (Å²) < 4.78 is 1.69. The van der Waals surface area contributed by atoms with Crippen LogP contribution in [-0.4, -0.2) is 24.7 Å². The van der Waals surface area contributed by atoms with Crippen molar-refractivity contribution < 1.29 is 0 Å². The predicted octanol–water partition coefficient (Wildman–Crippen LogP) is -0.209. The molecule has 0 bridgehead atoms. The lowest BCUT2D eigenvalue weighted by molar-refractivity contribution is 1.01. The fourth-order valence-electron chi connectivity index (χ4n) is 0.670. The van der Waals surface area contributed by atoms with Gasteiger partial charge < -0.3 is 4.98 Å². The molecule has 0 spiro atoms. The van der Waals surface area contributed by atoms with Crippen LogP contribution in [0.1, 0.15) is 0 Å². The SMILES string of the molecule is [c]1nc(-n2cnnc2)c[nH]1. The molecule has 1 radical (unpaired) electrons. The van der Waals surface area contributed by atoms with Crippen molar-refractivity contribution in [3.8, 4) is 5.82 Å². The molecule has 0 aliphatic carbocycles. The van der Waals surface area contributed by atoms with Gasteiger partial charge in [0, 0.05) is 6.20 Å². The second-order valence-electron chi connectivity index (χ2n) is 1.74. The maximum atomic E-state index is 3.86. The lowest BCUT2D eigenvalue weighted by Crippen LogP contribution is -1.88. The van der Waals surface area contributed by atoms with Gasteiger partial charge in [-0.15, -0.1) is 10.2 Å². The second kappa shape index (κ2) is 1.94. The van der Waals surface area contributed by atoms with Crippen LogP contribution >= 0.6 is 0 Å². The standard InChI is InChI=1S/C5H4N5/c1-5(7-2-6-1)10-3-8-9-4-10/h1,3-4H,(H,6,7). The van der Waals surface area contributed by atoms with E-state index in [1.165, 1.54) is 0 Å². The molecule has 0 amide bonds. The molecule has 0 unspecified atom stereocenters. The van der Waals surface area contributed by atoms with Gasteiger partial charge in [0.25, 0.3) is 0 Å². The number of hydrogen-bond acceptors (Lipinski definition) is 3. The van der Waals surface area contributed by atoms with Crippen molar-refractivity contribution in [1.29, 1.82) is 0 Å². The monoisotopic (exact) mass is 134 g/mol. The van der Waals surface area contributed by atoms with E-state index in [2.05, 4.69) is 26.5 Å². The van der Waals surface area contributed by atoms with Gasteiger partial charge in [0.15, 0.2) is 12.1 Å². The van der Waals surface area contributed by atoms with E-state index in [9.17, 15) is 0 Å². The lowest BCUT2D eigenvalue weighted by Gasteiger charge is -1.88. The number of imidazole rings is 1. The van der Waals surface area contributed by atoms with E-state index in [4.69, 9.17) is 0 Å². The van der Waals surface area contributed by atoms with Crippen LogP contribution in [0.3, 0.4) is 0 Å². The van der Waals surface area contributed by atoms with Gasteiger partial charge in [0.05, 0.1) is 0 Å². The summed E-state index contributed by atoms with van der Waals surface area (Å²) in [4.78, 5) is 6.57. The zero-order valence-corrected chi connectivity index (χ0v) is 5.02. The Bertz CT molecular complexity index is 249. The Morgan fingerprint density at radius 3 is 2.80 bits per heavy atom. The highest BCUT2D eigenvalue weighted by Crippen LogP contribution is 1.96. The summed E-state index contributed by atoms with van der Waals surface area (Å²) in [6.07, 6.45) is 7.43. The number of nitrogens with one attached hydrogen (secondary N) is 1. The summed E-state index contributed by atoms with van der Waals surface area (Å²) in [5, 5.41) is 7.25. The topological polar surface area (TPSA) is 59.4 Å². The molecule has 49 valence electrons. The van der Waals surface area contributed by atoms with Gasteiger partial charge in [0.2, 0.25) is 0 Å². The average molecular weight is 134 g/mol. The maximum absolute atomic E-state index is 3.86. The molecular formula is C5H4N5. The number of rotatable bonds is 1. The molecule has 2 aromatic rings. The molecule has 0 atom stereocenters. The summed E-state index contributed by atoms with van der Waals surface area (Å²) in [6.45, 7) is 0. The van der Waals surface area contributed by atoms with Crippen LogP contribution in [0.15, 0.2) is 18.9 Å². The third-order valence-corrected chi connectivity index (χ3v) is 1.12. The Morgan fingerprint density at radius 2 is 2.20 bits per heavy atom. The van der Waals surface area contributed by atoms with Crippen LogP contribution in [0.2, 0.25) is 0 Å². The zero-order valence-electron chi connectivity index (χ0n) is 5.02. The molecule has 0 aliphatic rings. The Kier molecular flexibility index (Phi) is 1.00. The van der Waals surface area contributed by atoms with Crippen molar-refractivity contribution >= 4 is 0 Å². The molecule has 0 saturated carbocycles.